The van der Waals surface area contributed by atoms with Crippen LogP contribution in [0.3, 0.4) is 0 Å². The van der Waals surface area contributed by atoms with Gasteiger partial charge < -0.3 is 34.2 Å². The van der Waals surface area contributed by atoms with Crippen molar-refractivity contribution in [2.24, 2.45) is 11.1 Å². The van der Waals surface area contributed by atoms with E-state index in [9.17, 15) is 19.2 Å². The highest BCUT2D eigenvalue weighted by molar-refractivity contribution is 5.81. The normalized spacial score (nSPS) is 14.3. The second kappa shape index (κ2) is 15.3. The van der Waals surface area contributed by atoms with Gasteiger partial charge in [-0.25, -0.2) is 9.59 Å². The largest absolute Gasteiger partial charge is 0.514 e. The molecule has 0 aliphatic carbocycles. The zero-order chi connectivity index (χ0) is 29.8. The minimum Gasteiger partial charge on any atom is -0.468 e. The minimum atomic E-state index is -1.57. The Labute approximate surface area is 230 Å². The summed E-state index contributed by atoms with van der Waals surface area (Å²) < 4.78 is 31.1. The van der Waals surface area contributed by atoms with E-state index in [2.05, 4.69) is 0 Å². The highest BCUT2D eigenvalue weighted by Gasteiger charge is 2.36. The number of nitrogens with two attached hydrogens (primary N) is 1. The molecule has 0 fully saturated rings. The van der Waals surface area contributed by atoms with Crippen molar-refractivity contribution in [3.05, 3.63) is 23.8 Å². The number of benzene rings is 1. The molecule has 39 heavy (non-hydrogen) atoms. The zero-order valence-electron chi connectivity index (χ0n) is 24.3. The van der Waals surface area contributed by atoms with Gasteiger partial charge in [0, 0.05) is 12.8 Å². The lowest BCUT2D eigenvalue weighted by atomic mass is 9.88. The Morgan fingerprint density at radius 3 is 1.92 bits per heavy atom. The number of carbonyl (C=O) groups is 4. The highest BCUT2D eigenvalue weighted by Crippen LogP contribution is 2.31. The van der Waals surface area contributed by atoms with E-state index in [1.54, 1.807) is 19.9 Å². The first-order valence-corrected chi connectivity index (χ1v) is 13.0. The highest BCUT2D eigenvalue weighted by atomic mass is 16.7. The van der Waals surface area contributed by atoms with Crippen LogP contribution in [-0.2, 0) is 35.0 Å². The topological polar surface area (TPSA) is 150 Å². The molecular formula is C28H43NO10. The van der Waals surface area contributed by atoms with Crippen LogP contribution in [0.2, 0.25) is 0 Å². The van der Waals surface area contributed by atoms with Gasteiger partial charge >= 0.3 is 24.2 Å². The number of hydrogen-bond donors (Lipinski definition) is 1. The third kappa shape index (κ3) is 12.4. The number of carbonyl (C=O) groups excluding carboxylic acids is 4. The van der Waals surface area contributed by atoms with Gasteiger partial charge in [-0.2, -0.15) is 0 Å². The van der Waals surface area contributed by atoms with E-state index >= 15 is 0 Å². The molecule has 0 aliphatic rings. The van der Waals surface area contributed by atoms with Crippen LogP contribution in [0.25, 0.3) is 0 Å². The quantitative estimate of drug-likeness (QED) is 0.197. The standard InChI is InChI=1S/C28H43NO10/c1-9-18(3)36-25(32)38-21-12-11-20(15-22(21)39-26(33)37-19(4)10-2)16-28(29,24(31)34-8)13-14-35-23(30)17-27(5,6)7/h11-12,15,18-19H,9-10,13-14,16-17,29H2,1-8H3/t18-,19?,28+/m0/s1. The van der Waals surface area contributed by atoms with Crippen molar-refractivity contribution in [1.82, 2.24) is 0 Å². The van der Waals surface area contributed by atoms with Gasteiger partial charge in [0.15, 0.2) is 11.5 Å². The van der Waals surface area contributed by atoms with E-state index < -0.39 is 35.9 Å². The third-order valence-corrected chi connectivity index (χ3v) is 5.74. The maximum absolute atomic E-state index is 12.6. The fraction of sp³-hybridized carbons (Fsp3) is 0.643. The van der Waals surface area contributed by atoms with Crippen LogP contribution < -0.4 is 15.2 Å². The van der Waals surface area contributed by atoms with E-state index in [0.29, 0.717) is 18.4 Å². The summed E-state index contributed by atoms with van der Waals surface area (Å²) in [4.78, 5) is 49.3. The smallest absolute Gasteiger partial charge is 0.468 e. The lowest BCUT2D eigenvalue weighted by Gasteiger charge is -2.27. The number of methoxy groups -OCH3 is 1. The van der Waals surface area contributed by atoms with Gasteiger partial charge in [0.25, 0.3) is 0 Å². The second-order valence-corrected chi connectivity index (χ2v) is 10.7. The minimum absolute atomic E-state index is 0.0265. The van der Waals surface area contributed by atoms with Crippen LogP contribution in [0, 0.1) is 5.41 Å². The number of hydrogen-bond acceptors (Lipinski definition) is 11. The number of rotatable bonds is 13. The molecule has 11 nitrogen and oxygen atoms in total. The van der Waals surface area contributed by atoms with Gasteiger partial charge in [0.05, 0.1) is 20.1 Å². The van der Waals surface area contributed by atoms with Gasteiger partial charge in [-0.05, 0) is 49.8 Å². The van der Waals surface area contributed by atoms with Crippen molar-refractivity contribution in [2.45, 2.75) is 98.3 Å². The molecule has 0 saturated heterocycles. The SMILES string of the molecule is CCC(C)OC(=O)Oc1cc(C[C@](N)(CCOC(=O)CC(C)(C)C)C(=O)OC)ccc1OC(=O)O[C@@H](C)CC. The summed E-state index contributed by atoms with van der Waals surface area (Å²) >= 11 is 0. The number of ether oxygens (including phenoxy) is 6. The summed E-state index contributed by atoms with van der Waals surface area (Å²) in [6, 6.07) is 4.34. The lowest BCUT2D eigenvalue weighted by molar-refractivity contribution is -0.152. The Kier molecular flexibility index (Phi) is 13.2. The van der Waals surface area contributed by atoms with E-state index in [1.807, 2.05) is 34.6 Å². The van der Waals surface area contributed by atoms with Crippen molar-refractivity contribution in [3.63, 3.8) is 0 Å². The third-order valence-electron chi connectivity index (χ3n) is 5.74. The molecule has 1 unspecified atom stereocenters. The van der Waals surface area contributed by atoms with Crippen LogP contribution in [0.1, 0.15) is 79.7 Å². The van der Waals surface area contributed by atoms with Gasteiger partial charge in [-0.3, -0.25) is 9.59 Å². The van der Waals surface area contributed by atoms with Gasteiger partial charge in [-0.1, -0.05) is 40.7 Å². The van der Waals surface area contributed by atoms with Crippen molar-refractivity contribution < 1.29 is 47.6 Å². The molecule has 220 valence electrons. The van der Waals surface area contributed by atoms with Crippen molar-refractivity contribution in [2.75, 3.05) is 13.7 Å². The van der Waals surface area contributed by atoms with E-state index in [4.69, 9.17) is 34.2 Å². The van der Waals surface area contributed by atoms with Crippen LogP contribution in [0.4, 0.5) is 9.59 Å². The molecule has 1 rings (SSSR count). The molecule has 1 aromatic carbocycles. The Balaban J connectivity index is 3.18. The summed E-state index contributed by atoms with van der Waals surface area (Å²) in [6.07, 6.45) is -1.50. The molecular weight excluding hydrogens is 510 g/mol. The first-order chi connectivity index (χ1) is 18.1. The van der Waals surface area contributed by atoms with E-state index in [1.165, 1.54) is 19.2 Å². The van der Waals surface area contributed by atoms with Crippen LogP contribution in [0.5, 0.6) is 11.5 Å². The Hall–Kier alpha value is -3.34. The molecule has 0 amide bonds. The summed E-state index contributed by atoms with van der Waals surface area (Å²) in [5.41, 5.74) is 5.05. The monoisotopic (exact) mass is 553 g/mol. The van der Waals surface area contributed by atoms with E-state index in [-0.39, 0.29) is 48.9 Å². The molecule has 0 bridgehead atoms. The molecule has 0 spiro atoms. The summed E-state index contributed by atoms with van der Waals surface area (Å²) in [5.74, 6) is -1.35. The lowest BCUT2D eigenvalue weighted by Crippen LogP contribution is -2.51. The van der Waals surface area contributed by atoms with Crippen LogP contribution in [-0.4, -0.2) is 55.7 Å². The van der Waals surface area contributed by atoms with Crippen molar-refractivity contribution in [3.8, 4) is 11.5 Å². The molecule has 3 atom stereocenters. The summed E-state index contributed by atoms with van der Waals surface area (Å²) in [6.45, 7) is 12.7. The summed E-state index contributed by atoms with van der Waals surface area (Å²) in [7, 11) is 1.20. The first kappa shape index (κ1) is 33.7. The molecule has 0 saturated carbocycles. The van der Waals surface area contributed by atoms with E-state index in [0.717, 1.165) is 0 Å². The maximum atomic E-state index is 12.6. The zero-order valence-corrected chi connectivity index (χ0v) is 24.3. The molecule has 0 aliphatic heterocycles. The molecule has 0 aromatic heterocycles. The molecule has 0 radical (unpaired) electrons. The molecule has 11 heteroatoms. The average Bonchev–Trinajstić information content (AvgIpc) is 2.83. The Morgan fingerprint density at radius 2 is 1.44 bits per heavy atom. The predicted molar refractivity (Wildman–Crippen MR) is 142 cm³/mol. The average molecular weight is 554 g/mol. The van der Waals surface area contributed by atoms with Gasteiger partial charge in [0.1, 0.15) is 17.7 Å². The Morgan fingerprint density at radius 1 is 0.897 bits per heavy atom. The van der Waals surface area contributed by atoms with Gasteiger partial charge in [0.2, 0.25) is 0 Å². The summed E-state index contributed by atoms with van der Waals surface area (Å²) in [5, 5.41) is 0. The fourth-order valence-electron chi connectivity index (χ4n) is 3.21. The van der Waals surface area contributed by atoms with Crippen molar-refractivity contribution >= 4 is 24.2 Å². The molecule has 0 heterocycles. The molecule has 2 N–H and O–H groups in total. The Bertz CT molecular complexity index is 987. The maximum Gasteiger partial charge on any atom is 0.514 e. The van der Waals surface area contributed by atoms with Crippen LogP contribution >= 0.6 is 0 Å². The molecule has 1 aromatic rings. The van der Waals surface area contributed by atoms with Crippen LogP contribution in [0.15, 0.2) is 18.2 Å². The number of esters is 2. The van der Waals surface area contributed by atoms with Gasteiger partial charge in [-0.15, -0.1) is 0 Å². The fourth-order valence-corrected chi connectivity index (χ4v) is 3.21. The predicted octanol–water partition coefficient (Wildman–Crippen LogP) is 5.10. The first-order valence-electron chi connectivity index (χ1n) is 13.0. The van der Waals surface area contributed by atoms with Crippen molar-refractivity contribution in [1.29, 1.82) is 0 Å². The second-order valence-electron chi connectivity index (χ2n) is 10.7.